The van der Waals surface area contributed by atoms with Crippen molar-refractivity contribution in [2.45, 2.75) is 26.2 Å². The van der Waals surface area contributed by atoms with Crippen LogP contribution in [-0.2, 0) is 11.2 Å². The predicted octanol–water partition coefficient (Wildman–Crippen LogP) is 3.62. The lowest BCUT2D eigenvalue weighted by molar-refractivity contribution is -0.384. The first-order valence-corrected chi connectivity index (χ1v) is 6.92. The van der Waals surface area contributed by atoms with Gasteiger partial charge >= 0.3 is 5.97 Å². The standard InChI is InChI=1S/C17H17NO4/c1-11-6-7-15(12(2)8-11)16(17(19)20)10-13-4-3-5-14(9-13)18(21)22/h3-9,16H,10H2,1-2H3,(H,19,20). The molecule has 0 saturated carbocycles. The smallest absolute Gasteiger partial charge is 0.311 e. The number of rotatable bonds is 5. The van der Waals surface area contributed by atoms with E-state index in [0.29, 0.717) is 5.56 Å². The van der Waals surface area contributed by atoms with Crippen molar-refractivity contribution in [1.29, 1.82) is 0 Å². The summed E-state index contributed by atoms with van der Waals surface area (Å²) in [5, 5.41) is 20.3. The minimum absolute atomic E-state index is 0.0257. The summed E-state index contributed by atoms with van der Waals surface area (Å²) < 4.78 is 0. The quantitative estimate of drug-likeness (QED) is 0.675. The molecule has 0 fully saturated rings. The van der Waals surface area contributed by atoms with Gasteiger partial charge in [-0.2, -0.15) is 0 Å². The number of nitrogens with zero attached hydrogens (tertiary/aromatic N) is 1. The second kappa shape index (κ2) is 6.39. The molecular weight excluding hydrogens is 282 g/mol. The summed E-state index contributed by atoms with van der Waals surface area (Å²) in [4.78, 5) is 22.0. The van der Waals surface area contributed by atoms with Gasteiger partial charge < -0.3 is 5.11 Å². The zero-order valence-electron chi connectivity index (χ0n) is 12.4. The van der Waals surface area contributed by atoms with Gasteiger partial charge in [-0.25, -0.2) is 0 Å². The van der Waals surface area contributed by atoms with Crippen LogP contribution in [0.2, 0.25) is 0 Å². The first-order valence-electron chi connectivity index (χ1n) is 6.92. The Labute approximate surface area is 128 Å². The van der Waals surface area contributed by atoms with E-state index in [4.69, 9.17) is 0 Å². The van der Waals surface area contributed by atoms with E-state index in [1.165, 1.54) is 12.1 Å². The Balaban J connectivity index is 2.35. The number of aliphatic carboxylic acids is 1. The minimum Gasteiger partial charge on any atom is -0.481 e. The van der Waals surface area contributed by atoms with Crippen LogP contribution < -0.4 is 0 Å². The monoisotopic (exact) mass is 299 g/mol. The molecule has 5 heteroatoms. The van der Waals surface area contributed by atoms with E-state index in [9.17, 15) is 20.0 Å². The van der Waals surface area contributed by atoms with Crippen LogP contribution in [0.3, 0.4) is 0 Å². The summed E-state index contributed by atoms with van der Waals surface area (Å²) in [6, 6.07) is 11.8. The predicted molar refractivity (Wildman–Crippen MR) is 83.1 cm³/mol. The molecule has 0 aliphatic rings. The normalized spacial score (nSPS) is 11.9. The summed E-state index contributed by atoms with van der Waals surface area (Å²) >= 11 is 0. The van der Waals surface area contributed by atoms with Crippen molar-refractivity contribution < 1.29 is 14.8 Å². The van der Waals surface area contributed by atoms with Crippen LogP contribution in [0.4, 0.5) is 5.69 Å². The lowest BCUT2D eigenvalue weighted by Gasteiger charge is -2.16. The molecule has 2 aromatic carbocycles. The number of carbonyl (C=O) groups is 1. The third kappa shape index (κ3) is 3.49. The second-order valence-electron chi connectivity index (χ2n) is 5.38. The highest BCUT2D eigenvalue weighted by atomic mass is 16.6. The summed E-state index contributed by atoms with van der Waals surface area (Å²) in [6.07, 6.45) is 0.223. The second-order valence-corrected chi connectivity index (χ2v) is 5.38. The summed E-state index contributed by atoms with van der Waals surface area (Å²) in [5.41, 5.74) is 3.34. The molecule has 0 aliphatic carbocycles. The molecule has 114 valence electrons. The van der Waals surface area contributed by atoms with Crippen LogP contribution in [0, 0.1) is 24.0 Å². The van der Waals surface area contributed by atoms with Crippen LogP contribution >= 0.6 is 0 Å². The van der Waals surface area contributed by atoms with Crippen molar-refractivity contribution in [3.05, 3.63) is 74.8 Å². The van der Waals surface area contributed by atoms with Gasteiger partial charge in [0, 0.05) is 12.1 Å². The molecule has 0 saturated heterocycles. The highest BCUT2D eigenvalue weighted by Crippen LogP contribution is 2.26. The van der Waals surface area contributed by atoms with E-state index >= 15 is 0 Å². The van der Waals surface area contributed by atoms with Gasteiger partial charge in [0.2, 0.25) is 0 Å². The molecule has 0 amide bonds. The molecule has 0 radical (unpaired) electrons. The summed E-state index contributed by atoms with van der Waals surface area (Å²) in [5.74, 6) is -1.65. The Morgan fingerprint density at radius 1 is 1.23 bits per heavy atom. The van der Waals surface area contributed by atoms with Gasteiger partial charge in [0.15, 0.2) is 0 Å². The van der Waals surface area contributed by atoms with Crippen LogP contribution in [-0.4, -0.2) is 16.0 Å². The van der Waals surface area contributed by atoms with E-state index in [2.05, 4.69) is 0 Å². The Morgan fingerprint density at radius 2 is 1.95 bits per heavy atom. The molecule has 22 heavy (non-hydrogen) atoms. The maximum atomic E-state index is 11.6. The molecule has 1 atom stereocenters. The first kappa shape index (κ1) is 15.7. The summed E-state index contributed by atoms with van der Waals surface area (Å²) in [6.45, 7) is 3.83. The molecule has 0 aliphatic heterocycles. The topological polar surface area (TPSA) is 80.4 Å². The van der Waals surface area contributed by atoms with Gasteiger partial charge in [-0.05, 0) is 37.0 Å². The molecule has 0 spiro atoms. The van der Waals surface area contributed by atoms with Gasteiger partial charge in [-0.3, -0.25) is 14.9 Å². The molecule has 1 N–H and O–H groups in total. The van der Waals surface area contributed by atoms with Gasteiger partial charge in [0.05, 0.1) is 10.8 Å². The minimum atomic E-state index is -0.932. The molecule has 2 rings (SSSR count). The number of benzene rings is 2. The number of nitro benzene ring substituents is 1. The maximum Gasteiger partial charge on any atom is 0.311 e. The van der Waals surface area contributed by atoms with Gasteiger partial charge in [0.1, 0.15) is 0 Å². The highest BCUT2D eigenvalue weighted by Gasteiger charge is 2.22. The average Bonchev–Trinajstić information content (AvgIpc) is 2.45. The van der Waals surface area contributed by atoms with E-state index in [0.717, 1.165) is 16.7 Å². The van der Waals surface area contributed by atoms with Crippen LogP contribution in [0.15, 0.2) is 42.5 Å². The first-order chi connectivity index (χ1) is 10.4. The van der Waals surface area contributed by atoms with E-state index in [1.54, 1.807) is 12.1 Å². The number of carboxylic acid groups (broad SMARTS) is 1. The number of hydrogen-bond acceptors (Lipinski definition) is 3. The number of hydrogen-bond donors (Lipinski definition) is 1. The Morgan fingerprint density at radius 3 is 2.55 bits per heavy atom. The Bertz CT molecular complexity index is 724. The van der Waals surface area contributed by atoms with Crippen molar-refractivity contribution >= 4 is 11.7 Å². The highest BCUT2D eigenvalue weighted by molar-refractivity contribution is 5.77. The molecule has 0 aromatic heterocycles. The van der Waals surface area contributed by atoms with E-state index in [1.807, 2.05) is 32.0 Å². The third-order valence-corrected chi connectivity index (χ3v) is 3.66. The molecule has 0 bridgehead atoms. The fraction of sp³-hybridized carbons (Fsp3) is 0.235. The zero-order chi connectivity index (χ0) is 16.3. The van der Waals surface area contributed by atoms with Crippen LogP contribution in [0.1, 0.15) is 28.2 Å². The lowest BCUT2D eigenvalue weighted by Crippen LogP contribution is -2.15. The number of non-ortho nitro benzene ring substituents is 1. The molecule has 2 aromatic rings. The number of carboxylic acids is 1. The van der Waals surface area contributed by atoms with E-state index in [-0.39, 0.29) is 12.1 Å². The Kier molecular flexibility index (Phi) is 4.56. The van der Waals surface area contributed by atoms with E-state index < -0.39 is 16.8 Å². The summed E-state index contributed by atoms with van der Waals surface area (Å²) in [7, 11) is 0. The fourth-order valence-corrected chi connectivity index (χ4v) is 2.58. The fourth-order valence-electron chi connectivity index (χ4n) is 2.58. The third-order valence-electron chi connectivity index (χ3n) is 3.66. The molecular formula is C17H17NO4. The molecule has 0 heterocycles. The molecule has 1 unspecified atom stereocenters. The Hall–Kier alpha value is -2.69. The maximum absolute atomic E-state index is 11.6. The van der Waals surface area contributed by atoms with Crippen molar-refractivity contribution in [2.24, 2.45) is 0 Å². The van der Waals surface area contributed by atoms with Gasteiger partial charge in [-0.1, -0.05) is 35.9 Å². The van der Waals surface area contributed by atoms with Crippen molar-refractivity contribution in [3.63, 3.8) is 0 Å². The van der Waals surface area contributed by atoms with Gasteiger partial charge in [-0.15, -0.1) is 0 Å². The number of nitro groups is 1. The van der Waals surface area contributed by atoms with Crippen LogP contribution in [0.5, 0.6) is 0 Å². The van der Waals surface area contributed by atoms with Crippen molar-refractivity contribution in [1.82, 2.24) is 0 Å². The van der Waals surface area contributed by atoms with Gasteiger partial charge in [0.25, 0.3) is 5.69 Å². The largest absolute Gasteiger partial charge is 0.481 e. The number of aryl methyl sites for hydroxylation is 2. The zero-order valence-corrected chi connectivity index (χ0v) is 12.4. The average molecular weight is 299 g/mol. The SMILES string of the molecule is Cc1ccc(C(Cc2cccc([N+](=O)[O-])c2)C(=O)O)c(C)c1. The molecule has 5 nitrogen and oxygen atoms in total. The van der Waals surface area contributed by atoms with Crippen molar-refractivity contribution in [3.8, 4) is 0 Å². The van der Waals surface area contributed by atoms with Crippen LogP contribution in [0.25, 0.3) is 0 Å². The lowest BCUT2D eigenvalue weighted by atomic mass is 9.88. The van der Waals surface area contributed by atoms with Crippen molar-refractivity contribution in [2.75, 3.05) is 0 Å².